The fraction of sp³-hybridized carbons (Fsp3) is 0.600. The van der Waals surface area contributed by atoms with Crippen LogP contribution in [0.5, 0.6) is 0 Å². The highest BCUT2D eigenvalue weighted by atomic mass is 14.2. The maximum absolute atomic E-state index is 5.50. The first-order chi connectivity index (χ1) is 7.18. The van der Waals surface area contributed by atoms with Gasteiger partial charge in [-0.1, -0.05) is 56.3 Å². The molecule has 0 aromatic rings. The van der Waals surface area contributed by atoms with Crippen LogP contribution in [0.25, 0.3) is 0 Å². The van der Waals surface area contributed by atoms with Gasteiger partial charge in [-0.3, -0.25) is 0 Å². The standard InChI is InChI=1S/C15H20/c1-5-8-10-12-14-15(4,7-3)13-11-9-6-2/h2-3H,5,8-10,12,14H2,1,4H3. The Kier molecular flexibility index (Phi) is 7.32. The fourth-order valence-corrected chi connectivity index (χ4v) is 1.37. The van der Waals surface area contributed by atoms with Gasteiger partial charge in [-0.15, -0.1) is 12.8 Å². The highest BCUT2D eigenvalue weighted by Crippen LogP contribution is 2.22. The third kappa shape index (κ3) is 6.71. The van der Waals surface area contributed by atoms with E-state index in [1.165, 1.54) is 19.3 Å². The average molecular weight is 200 g/mol. The summed E-state index contributed by atoms with van der Waals surface area (Å²) < 4.78 is 0. The Morgan fingerprint density at radius 2 is 1.87 bits per heavy atom. The van der Waals surface area contributed by atoms with E-state index in [0.717, 1.165) is 12.8 Å². The number of terminal acetylenes is 2. The molecule has 1 atom stereocenters. The van der Waals surface area contributed by atoms with Crippen LogP contribution in [-0.2, 0) is 0 Å². The fourth-order valence-electron chi connectivity index (χ4n) is 1.37. The van der Waals surface area contributed by atoms with E-state index in [1.807, 2.05) is 6.92 Å². The molecular formula is C15H20. The van der Waals surface area contributed by atoms with Gasteiger partial charge in [-0.25, -0.2) is 0 Å². The Hall–Kier alpha value is -1.32. The van der Waals surface area contributed by atoms with Crippen molar-refractivity contribution >= 4 is 0 Å². The summed E-state index contributed by atoms with van der Waals surface area (Å²) in [6.07, 6.45) is 17.0. The summed E-state index contributed by atoms with van der Waals surface area (Å²) in [6, 6.07) is 0. The third-order valence-corrected chi connectivity index (χ3v) is 2.40. The largest absolute Gasteiger partial charge is 0.119 e. The zero-order chi connectivity index (χ0) is 11.6. The Balaban J connectivity index is 4.06. The van der Waals surface area contributed by atoms with E-state index in [-0.39, 0.29) is 5.41 Å². The topological polar surface area (TPSA) is 0 Å². The minimum absolute atomic E-state index is 0.287. The summed E-state index contributed by atoms with van der Waals surface area (Å²) in [5.74, 6) is 11.3. The summed E-state index contributed by atoms with van der Waals surface area (Å²) in [5.41, 5.74) is -0.287. The van der Waals surface area contributed by atoms with E-state index in [0.29, 0.717) is 6.42 Å². The molecule has 15 heavy (non-hydrogen) atoms. The van der Waals surface area contributed by atoms with Gasteiger partial charge >= 0.3 is 0 Å². The Bertz CT molecular complexity index is 300. The van der Waals surface area contributed by atoms with Gasteiger partial charge in [-0.05, 0) is 13.3 Å². The molecule has 0 nitrogen and oxygen atoms in total. The van der Waals surface area contributed by atoms with Crippen molar-refractivity contribution in [2.45, 2.75) is 52.4 Å². The van der Waals surface area contributed by atoms with Crippen molar-refractivity contribution < 1.29 is 0 Å². The van der Waals surface area contributed by atoms with E-state index >= 15 is 0 Å². The lowest BCUT2D eigenvalue weighted by molar-refractivity contribution is 0.492. The molecule has 0 aliphatic carbocycles. The molecule has 0 aromatic heterocycles. The van der Waals surface area contributed by atoms with Gasteiger partial charge in [0.2, 0.25) is 0 Å². The molecule has 1 unspecified atom stereocenters. The van der Waals surface area contributed by atoms with Crippen molar-refractivity contribution in [3.63, 3.8) is 0 Å². The van der Waals surface area contributed by atoms with E-state index in [1.54, 1.807) is 0 Å². The second kappa shape index (κ2) is 8.03. The molecule has 0 saturated carbocycles. The van der Waals surface area contributed by atoms with E-state index in [4.69, 9.17) is 12.8 Å². The van der Waals surface area contributed by atoms with E-state index < -0.39 is 0 Å². The zero-order valence-corrected chi connectivity index (χ0v) is 9.90. The van der Waals surface area contributed by atoms with Gasteiger partial charge in [0.15, 0.2) is 0 Å². The van der Waals surface area contributed by atoms with Crippen molar-refractivity contribution in [2.75, 3.05) is 0 Å². The van der Waals surface area contributed by atoms with Gasteiger partial charge in [0.05, 0.1) is 11.8 Å². The average Bonchev–Trinajstić information content (AvgIpc) is 2.25. The Morgan fingerprint density at radius 3 is 2.40 bits per heavy atom. The SMILES string of the molecule is C#CCC#CC(C)(C#C)CCCCCC. The number of rotatable bonds is 5. The van der Waals surface area contributed by atoms with Crippen molar-refractivity contribution in [1.82, 2.24) is 0 Å². The minimum Gasteiger partial charge on any atom is -0.119 e. The predicted octanol–water partition coefficient (Wildman–Crippen LogP) is 3.62. The third-order valence-electron chi connectivity index (χ3n) is 2.40. The summed E-state index contributed by atoms with van der Waals surface area (Å²) >= 11 is 0. The van der Waals surface area contributed by atoms with Crippen LogP contribution < -0.4 is 0 Å². The molecule has 0 amide bonds. The van der Waals surface area contributed by atoms with Crippen molar-refractivity contribution in [3.05, 3.63) is 0 Å². The van der Waals surface area contributed by atoms with Crippen LogP contribution in [0, 0.1) is 41.9 Å². The normalized spacial score (nSPS) is 12.8. The lowest BCUT2D eigenvalue weighted by atomic mass is 9.86. The smallest absolute Gasteiger partial charge is 0.0888 e. The monoisotopic (exact) mass is 200 g/mol. The van der Waals surface area contributed by atoms with Crippen LogP contribution in [0.1, 0.15) is 52.4 Å². The number of unbranched alkanes of at least 4 members (excludes halogenated alkanes) is 3. The molecule has 80 valence electrons. The molecule has 0 fully saturated rings. The molecule has 0 spiro atoms. The second-order valence-corrected chi connectivity index (χ2v) is 3.97. The molecule has 0 saturated heterocycles. The molecule has 0 heteroatoms. The maximum atomic E-state index is 5.50. The highest BCUT2D eigenvalue weighted by Gasteiger charge is 2.16. The van der Waals surface area contributed by atoms with E-state index in [2.05, 4.69) is 30.6 Å². The summed E-state index contributed by atoms with van der Waals surface area (Å²) in [5, 5.41) is 0. The lowest BCUT2D eigenvalue weighted by Gasteiger charge is -2.15. The summed E-state index contributed by atoms with van der Waals surface area (Å²) in [4.78, 5) is 0. The first-order valence-electron chi connectivity index (χ1n) is 5.60. The Labute approximate surface area is 94.8 Å². The first kappa shape index (κ1) is 13.7. The lowest BCUT2D eigenvalue weighted by Crippen LogP contribution is -2.10. The quantitative estimate of drug-likeness (QED) is 0.469. The minimum atomic E-state index is -0.287. The maximum Gasteiger partial charge on any atom is 0.0888 e. The highest BCUT2D eigenvalue weighted by molar-refractivity contribution is 5.24. The first-order valence-corrected chi connectivity index (χ1v) is 5.60. The predicted molar refractivity (Wildman–Crippen MR) is 66.9 cm³/mol. The molecule has 0 aliphatic rings. The van der Waals surface area contributed by atoms with Crippen LogP contribution in [0.3, 0.4) is 0 Å². The number of hydrogen-bond donors (Lipinski definition) is 0. The van der Waals surface area contributed by atoms with Gasteiger partial charge in [0.1, 0.15) is 0 Å². The van der Waals surface area contributed by atoms with Crippen molar-refractivity contribution in [3.8, 4) is 36.5 Å². The zero-order valence-electron chi connectivity index (χ0n) is 9.90. The van der Waals surface area contributed by atoms with Gasteiger partial charge in [0.25, 0.3) is 0 Å². The molecule has 0 rings (SSSR count). The molecule has 0 aliphatic heterocycles. The van der Waals surface area contributed by atoms with Gasteiger partial charge in [-0.2, -0.15) is 0 Å². The van der Waals surface area contributed by atoms with Crippen molar-refractivity contribution in [1.29, 1.82) is 0 Å². The second-order valence-electron chi connectivity index (χ2n) is 3.97. The molecule has 0 bridgehead atoms. The van der Waals surface area contributed by atoms with Crippen LogP contribution in [0.15, 0.2) is 0 Å². The van der Waals surface area contributed by atoms with E-state index in [9.17, 15) is 0 Å². The van der Waals surface area contributed by atoms with Crippen LogP contribution in [0.2, 0.25) is 0 Å². The van der Waals surface area contributed by atoms with Crippen LogP contribution >= 0.6 is 0 Å². The molecular weight excluding hydrogens is 180 g/mol. The van der Waals surface area contributed by atoms with Crippen LogP contribution in [-0.4, -0.2) is 0 Å². The van der Waals surface area contributed by atoms with Gasteiger partial charge < -0.3 is 0 Å². The summed E-state index contributed by atoms with van der Waals surface area (Å²) in [7, 11) is 0. The van der Waals surface area contributed by atoms with Crippen molar-refractivity contribution in [2.24, 2.45) is 5.41 Å². The van der Waals surface area contributed by atoms with Gasteiger partial charge in [0, 0.05) is 0 Å². The molecule has 0 heterocycles. The molecule has 0 aromatic carbocycles. The molecule has 0 N–H and O–H groups in total. The summed E-state index contributed by atoms with van der Waals surface area (Å²) in [6.45, 7) is 4.22. The Morgan fingerprint density at radius 1 is 1.13 bits per heavy atom. The number of hydrogen-bond acceptors (Lipinski definition) is 0. The van der Waals surface area contributed by atoms with Crippen LogP contribution in [0.4, 0.5) is 0 Å². The molecule has 0 radical (unpaired) electrons.